The van der Waals surface area contributed by atoms with E-state index in [1.807, 2.05) is 17.5 Å². The van der Waals surface area contributed by atoms with E-state index in [-0.39, 0.29) is 5.91 Å². The molecule has 2 N–H and O–H groups in total. The lowest BCUT2D eigenvalue weighted by Gasteiger charge is -2.21. The van der Waals surface area contributed by atoms with Crippen molar-refractivity contribution in [1.29, 1.82) is 0 Å². The van der Waals surface area contributed by atoms with Gasteiger partial charge >= 0.3 is 0 Å². The van der Waals surface area contributed by atoms with Gasteiger partial charge in [0.05, 0.1) is 16.7 Å². The summed E-state index contributed by atoms with van der Waals surface area (Å²) in [5, 5.41) is 19.7. The van der Waals surface area contributed by atoms with Gasteiger partial charge in [0, 0.05) is 44.3 Å². The van der Waals surface area contributed by atoms with E-state index < -0.39 is 6.10 Å². The predicted molar refractivity (Wildman–Crippen MR) is 92.1 cm³/mol. The van der Waals surface area contributed by atoms with Crippen LogP contribution in [0.3, 0.4) is 0 Å². The highest BCUT2D eigenvalue weighted by Crippen LogP contribution is 2.39. The quantitative estimate of drug-likeness (QED) is 0.883. The Morgan fingerprint density at radius 1 is 1.38 bits per heavy atom. The van der Waals surface area contributed by atoms with E-state index in [1.54, 1.807) is 4.90 Å². The third kappa shape index (κ3) is 3.53. The summed E-state index contributed by atoms with van der Waals surface area (Å²) in [4.78, 5) is 17.2. The molecule has 0 spiro atoms. The number of rotatable bonds is 4. The number of hydrogen-bond acceptors (Lipinski definition) is 5. The van der Waals surface area contributed by atoms with Crippen LogP contribution in [-0.2, 0) is 6.54 Å². The number of aromatic nitrogens is 2. The summed E-state index contributed by atoms with van der Waals surface area (Å²) >= 11 is 1.45. The number of aliphatic hydroxyl groups is 1. The molecular weight excluding hydrogens is 324 g/mol. The highest BCUT2D eigenvalue weighted by Gasteiger charge is 2.28. The number of aromatic amines is 1. The first kappa shape index (κ1) is 15.8. The van der Waals surface area contributed by atoms with Crippen LogP contribution < -0.4 is 0 Å². The van der Waals surface area contributed by atoms with Gasteiger partial charge in [0.2, 0.25) is 0 Å². The molecule has 1 aliphatic carbocycles. The zero-order valence-corrected chi connectivity index (χ0v) is 14.3. The normalized spacial score (nSPS) is 22.5. The van der Waals surface area contributed by atoms with Crippen LogP contribution in [0.25, 0.3) is 0 Å². The number of amides is 1. The Hall–Kier alpha value is -1.70. The molecule has 24 heavy (non-hydrogen) atoms. The average Bonchev–Trinajstić information content (AvgIpc) is 3.13. The summed E-state index contributed by atoms with van der Waals surface area (Å²) in [6.45, 7) is 3.09. The molecule has 1 aliphatic heterocycles. The van der Waals surface area contributed by atoms with E-state index in [0.717, 1.165) is 29.4 Å². The minimum absolute atomic E-state index is 0.0171. The first-order chi connectivity index (χ1) is 11.7. The van der Waals surface area contributed by atoms with E-state index in [4.69, 9.17) is 0 Å². The Labute approximate surface area is 145 Å². The summed E-state index contributed by atoms with van der Waals surface area (Å²) in [7, 11) is 0. The Bertz CT molecular complexity index is 695. The van der Waals surface area contributed by atoms with Crippen molar-refractivity contribution in [3.8, 4) is 0 Å². The summed E-state index contributed by atoms with van der Waals surface area (Å²) in [5.41, 5.74) is 2.25. The van der Waals surface area contributed by atoms with Crippen LogP contribution in [0.4, 0.5) is 0 Å². The second kappa shape index (κ2) is 6.66. The summed E-state index contributed by atoms with van der Waals surface area (Å²) < 4.78 is 0. The standard InChI is InChI=1S/C17H22N4O2S/c22-14-10-20(9-13-8-15(19-18-13)12-3-4-12)5-6-21(11-14)17(23)16-2-1-7-24-16/h1-2,7-8,12,14,22H,3-6,9-11H2,(H,18,19)/t14-/m0/s1. The predicted octanol–water partition coefficient (Wildman–Crippen LogP) is 1.67. The number of aliphatic hydroxyl groups excluding tert-OH is 1. The fraction of sp³-hybridized carbons (Fsp3) is 0.529. The van der Waals surface area contributed by atoms with Crippen LogP contribution >= 0.6 is 11.3 Å². The number of β-amino-alcohol motifs (C(OH)–C–C–N with tert-alkyl or cyclic N) is 1. The molecule has 2 aromatic rings. The molecule has 0 bridgehead atoms. The van der Waals surface area contributed by atoms with Gasteiger partial charge in [0.1, 0.15) is 0 Å². The van der Waals surface area contributed by atoms with Gasteiger partial charge in [0.25, 0.3) is 5.91 Å². The molecule has 2 fully saturated rings. The van der Waals surface area contributed by atoms with Gasteiger partial charge in [-0.15, -0.1) is 11.3 Å². The minimum atomic E-state index is -0.526. The summed E-state index contributed by atoms with van der Waals surface area (Å²) in [6, 6.07) is 5.86. The van der Waals surface area contributed by atoms with Gasteiger partial charge in [-0.05, 0) is 30.4 Å². The molecular formula is C17H22N4O2S. The van der Waals surface area contributed by atoms with Crippen molar-refractivity contribution in [3.63, 3.8) is 0 Å². The van der Waals surface area contributed by atoms with Crippen molar-refractivity contribution in [2.24, 2.45) is 0 Å². The van der Waals surface area contributed by atoms with Crippen molar-refractivity contribution >= 4 is 17.2 Å². The molecule has 7 heteroatoms. The summed E-state index contributed by atoms with van der Waals surface area (Å²) in [6.07, 6.45) is 1.96. The van der Waals surface area contributed by atoms with Crippen molar-refractivity contribution in [3.05, 3.63) is 39.8 Å². The fourth-order valence-electron chi connectivity index (χ4n) is 3.23. The van der Waals surface area contributed by atoms with E-state index in [0.29, 0.717) is 25.6 Å². The monoisotopic (exact) mass is 346 g/mol. The van der Waals surface area contributed by atoms with Crippen molar-refractivity contribution < 1.29 is 9.90 Å². The molecule has 0 aromatic carbocycles. The Balaban J connectivity index is 1.38. The minimum Gasteiger partial charge on any atom is -0.390 e. The first-order valence-corrected chi connectivity index (χ1v) is 9.34. The SMILES string of the molecule is O=C(c1cccs1)N1CCN(Cc2cc(C3CC3)n[nH]2)C[C@H](O)C1. The van der Waals surface area contributed by atoms with Crippen LogP contribution in [0.5, 0.6) is 0 Å². The lowest BCUT2D eigenvalue weighted by atomic mass is 10.2. The molecule has 0 radical (unpaired) electrons. The third-order valence-electron chi connectivity index (χ3n) is 4.65. The van der Waals surface area contributed by atoms with Gasteiger partial charge in [0.15, 0.2) is 0 Å². The van der Waals surface area contributed by atoms with Crippen LogP contribution in [0, 0.1) is 0 Å². The van der Waals surface area contributed by atoms with Crippen LogP contribution in [0.15, 0.2) is 23.6 Å². The maximum atomic E-state index is 12.5. The summed E-state index contributed by atoms with van der Waals surface area (Å²) in [5.74, 6) is 0.659. The lowest BCUT2D eigenvalue weighted by molar-refractivity contribution is 0.0667. The van der Waals surface area contributed by atoms with Crippen LogP contribution in [-0.4, -0.2) is 63.3 Å². The van der Waals surface area contributed by atoms with Crippen LogP contribution in [0.1, 0.15) is 39.8 Å². The average molecular weight is 346 g/mol. The van der Waals surface area contributed by atoms with E-state index in [1.165, 1.54) is 24.2 Å². The molecule has 1 saturated heterocycles. The molecule has 0 unspecified atom stereocenters. The van der Waals surface area contributed by atoms with E-state index in [9.17, 15) is 9.90 Å². The van der Waals surface area contributed by atoms with Gasteiger partial charge in [-0.25, -0.2) is 0 Å². The molecule has 6 nitrogen and oxygen atoms in total. The topological polar surface area (TPSA) is 72.5 Å². The first-order valence-electron chi connectivity index (χ1n) is 8.46. The number of nitrogens with one attached hydrogen (secondary N) is 1. The third-order valence-corrected chi connectivity index (χ3v) is 5.50. The molecule has 2 aromatic heterocycles. The molecule has 1 amide bonds. The molecule has 128 valence electrons. The molecule has 2 aliphatic rings. The number of carbonyl (C=O) groups is 1. The van der Waals surface area contributed by atoms with E-state index in [2.05, 4.69) is 21.2 Å². The Morgan fingerprint density at radius 3 is 3.00 bits per heavy atom. The molecule has 1 atom stereocenters. The second-order valence-electron chi connectivity index (χ2n) is 6.71. The van der Waals surface area contributed by atoms with E-state index >= 15 is 0 Å². The Morgan fingerprint density at radius 2 is 2.25 bits per heavy atom. The van der Waals surface area contributed by atoms with Gasteiger partial charge in [-0.2, -0.15) is 5.10 Å². The maximum Gasteiger partial charge on any atom is 0.264 e. The van der Waals surface area contributed by atoms with Gasteiger partial charge < -0.3 is 10.0 Å². The number of H-pyrrole nitrogens is 1. The maximum absolute atomic E-state index is 12.5. The van der Waals surface area contributed by atoms with Crippen molar-refractivity contribution in [2.75, 3.05) is 26.2 Å². The number of nitrogens with zero attached hydrogens (tertiary/aromatic N) is 3. The smallest absolute Gasteiger partial charge is 0.264 e. The fourth-order valence-corrected chi connectivity index (χ4v) is 3.92. The highest BCUT2D eigenvalue weighted by molar-refractivity contribution is 7.12. The number of hydrogen-bond donors (Lipinski definition) is 2. The largest absolute Gasteiger partial charge is 0.390 e. The highest BCUT2D eigenvalue weighted by atomic mass is 32.1. The molecule has 3 heterocycles. The van der Waals surface area contributed by atoms with Crippen LogP contribution in [0.2, 0.25) is 0 Å². The van der Waals surface area contributed by atoms with Crippen molar-refractivity contribution in [1.82, 2.24) is 20.0 Å². The van der Waals surface area contributed by atoms with Gasteiger partial charge in [-0.1, -0.05) is 6.07 Å². The number of thiophene rings is 1. The molecule has 1 saturated carbocycles. The zero-order valence-electron chi connectivity index (χ0n) is 13.5. The second-order valence-corrected chi connectivity index (χ2v) is 7.66. The van der Waals surface area contributed by atoms with Gasteiger partial charge in [-0.3, -0.25) is 14.8 Å². The lowest BCUT2D eigenvalue weighted by Crippen LogP contribution is -2.37. The molecule has 4 rings (SSSR count). The van der Waals surface area contributed by atoms with Crippen molar-refractivity contribution in [2.45, 2.75) is 31.4 Å². The number of carbonyl (C=O) groups excluding carboxylic acids is 1. The zero-order chi connectivity index (χ0) is 16.5. The Kier molecular flexibility index (Phi) is 4.39.